The van der Waals surface area contributed by atoms with E-state index in [9.17, 15) is 9.59 Å². The average Bonchev–Trinajstić information content (AvgIpc) is 2.90. The third kappa shape index (κ3) is 3.09. The minimum atomic E-state index is -0.444. The molecule has 2 nitrogen and oxygen atoms in total. The van der Waals surface area contributed by atoms with Gasteiger partial charge in [-0.05, 0) is 35.1 Å². The molecule has 25 heavy (non-hydrogen) atoms. The Hall–Kier alpha value is -2.48. The van der Waals surface area contributed by atoms with Crippen molar-refractivity contribution in [2.45, 2.75) is 44.9 Å². The van der Waals surface area contributed by atoms with Crippen LogP contribution in [0.25, 0.3) is 11.1 Å². The maximum absolute atomic E-state index is 12.4. The van der Waals surface area contributed by atoms with E-state index in [0.717, 1.165) is 30.4 Å². The van der Waals surface area contributed by atoms with Crippen molar-refractivity contribution in [3.63, 3.8) is 0 Å². The maximum atomic E-state index is 12.4. The van der Waals surface area contributed by atoms with Crippen molar-refractivity contribution in [1.29, 1.82) is 0 Å². The Labute approximate surface area is 149 Å². The molecule has 0 radical (unpaired) electrons. The molecule has 2 aromatic carbocycles. The number of benzene rings is 2. The number of rotatable bonds is 7. The Bertz CT molecular complexity index is 784. The SMILES string of the molecule is CCC/C=C\CC1(CC(=O)C(C)=O)c2ccccc2-c2ccccc21. The quantitative estimate of drug-likeness (QED) is 0.513. The number of hydrogen-bond acceptors (Lipinski definition) is 2. The summed E-state index contributed by atoms with van der Waals surface area (Å²) < 4.78 is 0. The summed E-state index contributed by atoms with van der Waals surface area (Å²) in [4.78, 5) is 24.1. The largest absolute Gasteiger partial charge is 0.291 e. The van der Waals surface area contributed by atoms with E-state index in [1.165, 1.54) is 18.1 Å². The van der Waals surface area contributed by atoms with Gasteiger partial charge in [0.15, 0.2) is 11.6 Å². The molecule has 0 aliphatic heterocycles. The van der Waals surface area contributed by atoms with E-state index in [2.05, 4.69) is 43.3 Å². The number of fused-ring (bicyclic) bond motifs is 3. The monoisotopic (exact) mass is 332 g/mol. The number of unbranched alkanes of at least 4 members (excludes halogenated alkanes) is 1. The Morgan fingerprint density at radius 2 is 1.48 bits per heavy atom. The molecule has 0 N–H and O–H groups in total. The first kappa shape index (κ1) is 17.3. The zero-order chi connectivity index (χ0) is 17.9. The predicted molar refractivity (Wildman–Crippen MR) is 102 cm³/mol. The minimum absolute atomic E-state index is 0.229. The first-order valence-corrected chi connectivity index (χ1v) is 8.98. The van der Waals surface area contributed by atoms with Crippen LogP contribution in [0.5, 0.6) is 0 Å². The molecule has 2 aromatic rings. The van der Waals surface area contributed by atoms with Crippen LogP contribution < -0.4 is 0 Å². The molecule has 2 heteroatoms. The van der Waals surface area contributed by atoms with Gasteiger partial charge in [-0.1, -0.05) is 74.0 Å². The summed E-state index contributed by atoms with van der Waals surface area (Å²) in [6.45, 7) is 3.52. The lowest BCUT2D eigenvalue weighted by Crippen LogP contribution is -2.30. The van der Waals surface area contributed by atoms with Gasteiger partial charge in [-0.2, -0.15) is 0 Å². The third-order valence-corrected chi connectivity index (χ3v) is 5.12. The lowest BCUT2D eigenvalue weighted by molar-refractivity contribution is -0.135. The topological polar surface area (TPSA) is 34.1 Å². The van der Waals surface area contributed by atoms with Gasteiger partial charge in [0.05, 0.1) is 0 Å². The molecule has 0 fully saturated rings. The van der Waals surface area contributed by atoms with Crippen molar-refractivity contribution in [2.75, 3.05) is 0 Å². The van der Waals surface area contributed by atoms with Crippen molar-refractivity contribution in [3.8, 4) is 11.1 Å². The van der Waals surface area contributed by atoms with Gasteiger partial charge >= 0.3 is 0 Å². The number of ketones is 2. The Morgan fingerprint density at radius 1 is 0.920 bits per heavy atom. The normalized spacial score (nSPS) is 14.3. The molecule has 3 rings (SSSR count). The first-order valence-electron chi connectivity index (χ1n) is 8.98. The molecule has 1 aliphatic carbocycles. The fourth-order valence-electron chi connectivity index (χ4n) is 3.87. The molecule has 128 valence electrons. The van der Waals surface area contributed by atoms with Gasteiger partial charge in [0, 0.05) is 18.8 Å². The second kappa shape index (κ2) is 7.18. The summed E-state index contributed by atoms with van der Waals surface area (Å²) in [7, 11) is 0. The molecule has 0 heterocycles. The van der Waals surface area contributed by atoms with Gasteiger partial charge in [0.1, 0.15) is 0 Å². The van der Waals surface area contributed by atoms with Gasteiger partial charge in [-0.3, -0.25) is 9.59 Å². The molecule has 0 spiro atoms. The van der Waals surface area contributed by atoms with Crippen LogP contribution in [0.15, 0.2) is 60.7 Å². The standard InChI is InChI=1S/C23H24O2/c1-3-4-5-10-15-23(16-22(25)17(2)24)20-13-8-6-11-18(20)19-12-7-9-14-21(19)23/h5-14H,3-4,15-16H2,1-2H3/b10-5-. The maximum Gasteiger partial charge on any atom is 0.199 e. The van der Waals surface area contributed by atoms with Crippen molar-refractivity contribution in [1.82, 2.24) is 0 Å². The molecule has 0 saturated carbocycles. The van der Waals surface area contributed by atoms with Crippen LogP contribution in [0.1, 0.15) is 50.7 Å². The second-order valence-electron chi connectivity index (χ2n) is 6.79. The van der Waals surface area contributed by atoms with E-state index >= 15 is 0 Å². The summed E-state index contributed by atoms with van der Waals surface area (Å²) in [5, 5.41) is 0. The molecule has 0 bridgehead atoms. The van der Waals surface area contributed by atoms with E-state index < -0.39 is 5.41 Å². The van der Waals surface area contributed by atoms with Crippen LogP contribution in [0.4, 0.5) is 0 Å². The van der Waals surface area contributed by atoms with E-state index in [4.69, 9.17) is 0 Å². The molecule has 0 saturated heterocycles. The number of carbonyl (C=O) groups is 2. The number of Topliss-reactive ketones (excluding diaryl/α,β-unsaturated/α-hetero) is 2. The van der Waals surface area contributed by atoms with Crippen molar-refractivity contribution >= 4 is 11.6 Å². The highest BCUT2D eigenvalue weighted by Gasteiger charge is 2.43. The zero-order valence-corrected chi connectivity index (χ0v) is 14.9. The Morgan fingerprint density at radius 3 is 2.00 bits per heavy atom. The van der Waals surface area contributed by atoms with Crippen LogP contribution in [-0.2, 0) is 15.0 Å². The van der Waals surface area contributed by atoms with Crippen LogP contribution >= 0.6 is 0 Å². The lowest BCUT2D eigenvalue weighted by Gasteiger charge is -2.30. The highest BCUT2D eigenvalue weighted by Crippen LogP contribution is 2.52. The molecular formula is C23H24O2. The zero-order valence-electron chi connectivity index (χ0n) is 14.9. The summed E-state index contributed by atoms with van der Waals surface area (Å²) in [5.41, 5.74) is 4.23. The number of hydrogen-bond donors (Lipinski definition) is 0. The van der Waals surface area contributed by atoms with Crippen LogP contribution in [0.3, 0.4) is 0 Å². The second-order valence-corrected chi connectivity index (χ2v) is 6.79. The number of carbonyl (C=O) groups excluding carboxylic acids is 2. The van der Waals surface area contributed by atoms with Gasteiger partial charge in [-0.25, -0.2) is 0 Å². The summed E-state index contributed by atoms with van der Waals surface area (Å²) >= 11 is 0. The smallest absolute Gasteiger partial charge is 0.199 e. The van der Waals surface area contributed by atoms with Gasteiger partial charge in [0.2, 0.25) is 0 Å². The van der Waals surface area contributed by atoms with Crippen molar-refractivity contribution in [2.24, 2.45) is 0 Å². The Kier molecular flexibility index (Phi) is 4.98. The van der Waals surface area contributed by atoms with Crippen molar-refractivity contribution < 1.29 is 9.59 Å². The molecule has 0 amide bonds. The highest BCUT2D eigenvalue weighted by molar-refractivity contribution is 6.36. The summed E-state index contributed by atoms with van der Waals surface area (Å²) in [5.74, 6) is -0.658. The van der Waals surface area contributed by atoms with E-state index in [0.29, 0.717) is 0 Å². The first-order chi connectivity index (χ1) is 12.1. The molecular weight excluding hydrogens is 308 g/mol. The fourth-order valence-corrected chi connectivity index (χ4v) is 3.87. The van der Waals surface area contributed by atoms with Crippen LogP contribution in [-0.4, -0.2) is 11.6 Å². The lowest BCUT2D eigenvalue weighted by atomic mass is 9.71. The summed E-state index contributed by atoms with van der Waals surface area (Å²) in [6, 6.07) is 16.6. The van der Waals surface area contributed by atoms with E-state index in [1.54, 1.807) is 0 Å². The molecule has 0 atom stereocenters. The van der Waals surface area contributed by atoms with Gasteiger partial charge in [-0.15, -0.1) is 0 Å². The van der Waals surface area contributed by atoms with Crippen LogP contribution in [0.2, 0.25) is 0 Å². The molecule has 0 aromatic heterocycles. The fraction of sp³-hybridized carbons (Fsp3) is 0.304. The van der Waals surface area contributed by atoms with Gasteiger partial charge < -0.3 is 0 Å². The van der Waals surface area contributed by atoms with Crippen LogP contribution in [0, 0.1) is 0 Å². The molecule has 0 unspecified atom stereocenters. The third-order valence-electron chi connectivity index (χ3n) is 5.12. The Balaban J connectivity index is 2.15. The van der Waals surface area contributed by atoms with E-state index in [-0.39, 0.29) is 18.0 Å². The minimum Gasteiger partial charge on any atom is -0.291 e. The average molecular weight is 332 g/mol. The predicted octanol–water partition coefficient (Wildman–Crippen LogP) is 5.25. The van der Waals surface area contributed by atoms with Crippen molar-refractivity contribution in [3.05, 3.63) is 71.8 Å². The highest BCUT2D eigenvalue weighted by atomic mass is 16.2. The van der Waals surface area contributed by atoms with Gasteiger partial charge in [0.25, 0.3) is 0 Å². The summed E-state index contributed by atoms with van der Waals surface area (Å²) in [6.07, 6.45) is 7.45. The van der Waals surface area contributed by atoms with E-state index in [1.807, 2.05) is 24.3 Å². The molecule has 1 aliphatic rings. The number of allylic oxidation sites excluding steroid dienone is 2.